The Labute approximate surface area is 245 Å². The van der Waals surface area contributed by atoms with Crippen LogP contribution in [0, 0.1) is 5.92 Å². The van der Waals surface area contributed by atoms with Gasteiger partial charge in [-0.25, -0.2) is 0 Å². The van der Waals surface area contributed by atoms with E-state index in [9.17, 15) is 15.1 Å². The van der Waals surface area contributed by atoms with E-state index in [-0.39, 0.29) is 18.1 Å². The molecule has 4 aromatic rings. The summed E-state index contributed by atoms with van der Waals surface area (Å²) in [6.45, 7) is 0.544. The van der Waals surface area contributed by atoms with Crippen LogP contribution in [0.1, 0.15) is 27.0 Å². The summed E-state index contributed by atoms with van der Waals surface area (Å²) in [4.78, 5) is 20.4. The summed E-state index contributed by atoms with van der Waals surface area (Å²) < 4.78 is 11.0. The summed E-state index contributed by atoms with van der Waals surface area (Å²) in [7, 11) is 3.03. The van der Waals surface area contributed by atoms with Crippen LogP contribution in [0.3, 0.4) is 0 Å². The highest BCUT2D eigenvalue weighted by Gasteiger charge is 2.51. The molecule has 0 saturated carbocycles. The number of rotatable bonds is 13. The average molecular weight is 567 g/mol. The van der Waals surface area contributed by atoms with Gasteiger partial charge in [-0.2, -0.15) is 10.1 Å². The Morgan fingerprint density at radius 1 is 0.833 bits per heavy atom. The molecule has 0 aromatic heterocycles. The van der Waals surface area contributed by atoms with Crippen LogP contribution in [0.15, 0.2) is 115 Å². The fraction of sp³-hybridized carbons (Fsp3) is 0.206. The van der Waals surface area contributed by atoms with E-state index in [2.05, 4.69) is 0 Å². The van der Waals surface area contributed by atoms with Gasteiger partial charge in [0.25, 0.3) is 0 Å². The number of carbonyl (C=O) groups excluding carboxylic acids is 1. The van der Waals surface area contributed by atoms with Crippen molar-refractivity contribution in [2.45, 2.75) is 25.4 Å². The second-order valence-electron chi connectivity index (χ2n) is 9.97. The van der Waals surface area contributed by atoms with Gasteiger partial charge in [-0.15, -0.1) is 0 Å². The number of hydroxylamine groups is 4. The van der Waals surface area contributed by atoms with E-state index in [1.54, 1.807) is 53.6 Å². The number of aliphatic hydroxyl groups is 1. The first-order chi connectivity index (χ1) is 20.5. The predicted octanol–water partition coefficient (Wildman–Crippen LogP) is 6.14. The molecule has 0 amide bonds. The standard InChI is InChI=1S/C34H34N2O6/c1-40-30-19-11-9-17-26(30)29(37)21-28(35(39)22-24-13-5-3-6-14-24)32(33(38)27-18-10-12-20-31(27)41-2)34-36(42-34)23-25-15-7-4-8-16-25/h3-21,28,32,34,37,39H,22-23H2,1-2H3/b29-21+. The Balaban J connectivity index is 1.58. The molecule has 0 radical (unpaired) electrons. The maximum Gasteiger partial charge on any atom is 0.175 e. The number of Topliss-reactive ketones (excluding diaryl/α,β-unsaturated/α-hetero) is 1. The maximum atomic E-state index is 14.4. The molecule has 0 spiro atoms. The fourth-order valence-corrected chi connectivity index (χ4v) is 5.09. The normalized spacial score (nSPS) is 17.9. The van der Waals surface area contributed by atoms with Crippen LogP contribution in [-0.4, -0.2) is 52.7 Å². The molecule has 8 nitrogen and oxygen atoms in total. The molecule has 0 aliphatic carbocycles. The van der Waals surface area contributed by atoms with Gasteiger partial charge in [0.2, 0.25) is 0 Å². The molecule has 2 N–H and O–H groups in total. The predicted molar refractivity (Wildman–Crippen MR) is 159 cm³/mol. The highest BCUT2D eigenvalue weighted by molar-refractivity contribution is 6.01. The van der Waals surface area contributed by atoms with Gasteiger partial charge in [0.15, 0.2) is 12.0 Å². The SMILES string of the molecule is COc1ccccc1C(=O)C(C(/C=C(/O)c1ccccc1OC)N(O)Cc1ccccc1)C1ON1Cc1ccccc1. The van der Waals surface area contributed by atoms with Crippen LogP contribution in [-0.2, 0) is 17.9 Å². The van der Waals surface area contributed by atoms with E-state index in [0.29, 0.717) is 29.2 Å². The van der Waals surface area contributed by atoms with Gasteiger partial charge in [-0.3, -0.25) is 9.63 Å². The van der Waals surface area contributed by atoms with Gasteiger partial charge in [-0.1, -0.05) is 84.9 Å². The molecular formula is C34H34N2O6. The van der Waals surface area contributed by atoms with Gasteiger partial charge >= 0.3 is 0 Å². The average Bonchev–Trinajstić information content (AvgIpc) is 3.79. The first-order valence-electron chi connectivity index (χ1n) is 13.7. The number of ketones is 1. The zero-order valence-corrected chi connectivity index (χ0v) is 23.5. The summed E-state index contributed by atoms with van der Waals surface area (Å²) >= 11 is 0. The second kappa shape index (κ2) is 13.5. The maximum absolute atomic E-state index is 14.4. The monoisotopic (exact) mass is 566 g/mol. The van der Waals surface area contributed by atoms with Crippen LogP contribution in [0.5, 0.6) is 11.5 Å². The Bertz CT molecular complexity index is 1510. The van der Waals surface area contributed by atoms with Crippen molar-refractivity contribution in [1.82, 2.24) is 10.1 Å². The summed E-state index contributed by atoms with van der Waals surface area (Å²) in [6, 6.07) is 32.2. The van der Waals surface area contributed by atoms with Crippen LogP contribution >= 0.6 is 0 Å². The van der Waals surface area contributed by atoms with Crippen molar-refractivity contribution >= 4 is 11.5 Å². The topological polar surface area (TPSA) is 94.8 Å². The van der Waals surface area contributed by atoms with Gasteiger partial charge < -0.3 is 19.8 Å². The van der Waals surface area contributed by atoms with Crippen molar-refractivity contribution in [3.05, 3.63) is 138 Å². The number of ether oxygens (including phenoxy) is 2. The molecular weight excluding hydrogens is 532 g/mol. The van der Waals surface area contributed by atoms with Crippen molar-refractivity contribution in [3.63, 3.8) is 0 Å². The molecule has 1 fully saturated rings. The van der Waals surface area contributed by atoms with E-state index in [1.807, 2.05) is 60.7 Å². The van der Waals surface area contributed by atoms with Crippen LogP contribution in [0.4, 0.5) is 0 Å². The summed E-state index contributed by atoms with van der Waals surface area (Å²) in [5.41, 5.74) is 2.62. The third-order valence-corrected chi connectivity index (χ3v) is 7.26. The Morgan fingerprint density at radius 3 is 1.98 bits per heavy atom. The van der Waals surface area contributed by atoms with Gasteiger partial charge in [0.1, 0.15) is 17.3 Å². The lowest BCUT2D eigenvalue weighted by Crippen LogP contribution is -2.44. The first-order valence-corrected chi connectivity index (χ1v) is 13.7. The lowest BCUT2D eigenvalue weighted by molar-refractivity contribution is -0.133. The number of carbonyl (C=O) groups is 1. The molecule has 216 valence electrons. The summed E-state index contributed by atoms with van der Waals surface area (Å²) in [5, 5.41) is 25.8. The minimum Gasteiger partial charge on any atom is -0.507 e. The molecule has 4 atom stereocenters. The third-order valence-electron chi connectivity index (χ3n) is 7.26. The lowest BCUT2D eigenvalue weighted by Gasteiger charge is -2.30. The largest absolute Gasteiger partial charge is 0.507 e. The fourth-order valence-electron chi connectivity index (χ4n) is 5.09. The Hall–Kier alpha value is -4.47. The highest BCUT2D eigenvalue weighted by Crippen LogP contribution is 2.38. The van der Waals surface area contributed by atoms with E-state index < -0.39 is 18.2 Å². The first kappa shape index (κ1) is 29.0. The number of aliphatic hydroxyl groups excluding tert-OH is 1. The quantitative estimate of drug-likeness (QED) is 0.0863. The van der Waals surface area contributed by atoms with Crippen LogP contribution in [0.2, 0.25) is 0 Å². The molecule has 42 heavy (non-hydrogen) atoms. The van der Waals surface area contributed by atoms with Crippen molar-refractivity contribution in [1.29, 1.82) is 0 Å². The van der Waals surface area contributed by atoms with Crippen molar-refractivity contribution in [2.75, 3.05) is 14.2 Å². The van der Waals surface area contributed by atoms with E-state index in [4.69, 9.17) is 14.3 Å². The van der Waals surface area contributed by atoms with Crippen molar-refractivity contribution < 1.29 is 29.4 Å². The van der Waals surface area contributed by atoms with Crippen molar-refractivity contribution in [3.8, 4) is 11.5 Å². The van der Waals surface area contributed by atoms with Crippen LogP contribution < -0.4 is 9.47 Å². The smallest absolute Gasteiger partial charge is 0.175 e. The third kappa shape index (κ3) is 6.70. The van der Waals surface area contributed by atoms with E-state index >= 15 is 0 Å². The molecule has 4 aromatic carbocycles. The second-order valence-corrected chi connectivity index (χ2v) is 9.97. The summed E-state index contributed by atoms with van der Waals surface area (Å²) in [5.74, 6) is -0.520. The lowest BCUT2D eigenvalue weighted by atomic mass is 9.87. The number of benzene rings is 4. The number of para-hydroxylation sites is 2. The minimum atomic E-state index is -1.00. The molecule has 0 bridgehead atoms. The van der Waals surface area contributed by atoms with Gasteiger partial charge in [0.05, 0.1) is 43.9 Å². The molecule has 1 aliphatic rings. The number of methoxy groups -OCH3 is 2. The van der Waals surface area contributed by atoms with E-state index in [0.717, 1.165) is 16.2 Å². The van der Waals surface area contributed by atoms with E-state index in [1.165, 1.54) is 20.3 Å². The number of hydrogen-bond donors (Lipinski definition) is 2. The Kier molecular flexibility index (Phi) is 9.31. The number of nitrogens with zero attached hydrogens (tertiary/aromatic N) is 2. The minimum absolute atomic E-state index is 0.0995. The number of hydrogen-bond acceptors (Lipinski definition) is 8. The molecule has 5 rings (SSSR count). The van der Waals surface area contributed by atoms with Crippen LogP contribution in [0.25, 0.3) is 5.76 Å². The molecule has 4 unspecified atom stereocenters. The van der Waals surface area contributed by atoms with Gasteiger partial charge in [0, 0.05) is 6.54 Å². The van der Waals surface area contributed by atoms with Crippen molar-refractivity contribution in [2.24, 2.45) is 5.92 Å². The molecule has 1 saturated heterocycles. The zero-order chi connectivity index (χ0) is 29.5. The zero-order valence-electron chi connectivity index (χ0n) is 23.5. The Morgan fingerprint density at radius 2 is 1.36 bits per heavy atom. The molecule has 8 heteroatoms. The molecule has 1 heterocycles. The van der Waals surface area contributed by atoms with Gasteiger partial charge in [-0.05, 0) is 41.5 Å². The summed E-state index contributed by atoms with van der Waals surface area (Å²) in [6.07, 6.45) is 0.806. The highest BCUT2D eigenvalue weighted by atomic mass is 16.8. The molecule has 1 aliphatic heterocycles.